The molecular weight excluding hydrogens is 248 g/mol. The predicted molar refractivity (Wildman–Crippen MR) is 69.1 cm³/mol. The van der Waals surface area contributed by atoms with Crippen molar-refractivity contribution in [1.29, 1.82) is 0 Å². The molecule has 1 N–H and O–H groups in total. The molecule has 0 amide bonds. The van der Waals surface area contributed by atoms with E-state index < -0.39 is 9.84 Å². The van der Waals surface area contributed by atoms with Gasteiger partial charge in [-0.15, -0.1) is 0 Å². The second kappa shape index (κ2) is 4.03. The number of pyridine rings is 1. The van der Waals surface area contributed by atoms with Crippen molar-refractivity contribution in [3.63, 3.8) is 0 Å². The standard InChI is InChI=1S/C13H18N2O2S/c1-18(16,17)12-3-10(6-14-7-12)2-11-4-13(5-11)8-15-9-13/h3,6-7,11,15H,2,4-5,8-9H2,1H3. The van der Waals surface area contributed by atoms with E-state index >= 15 is 0 Å². The fraction of sp³-hybridized carbons (Fsp3) is 0.615. The Balaban J connectivity index is 1.67. The van der Waals surface area contributed by atoms with Gasteiger partial charge in [0.05, 0.1) is 4.90 Å². The van der Waals surface area contributed by atoms with Gasteiger partial charge in [0.15, 0.2) is 9.84 Å². The molecule has 1 saturated carbocycles. The molecule has 1 aromatic heterocycles. The Morgan fingerprint density at radius 1 is 1.39 bits per heavy atom. The van der Waals surface area contributed by atoms with E-state index in [1.165, 1.54) is 25.3 Å². The van der Waals surface area contributed by atoms with Crippen LogP contribution in [0.5, 0.6) is 0 Å². The van der Waals surface area contributed by atoms with Crippen molar-refractivity contribution in [1.82, 2.24) is 10.3 Å². The third-order valence-corrected chi connectivity index (χ3v) is 5.25. The fourth-order valence-corrected chi connectivity index (χ4v) is 3.81. The van der Waals surface area contributed by atoms with Gasteiger partial charge in [-0.25, -0.2) is 8.42 Å². The van der Waals surface area contributed by atoms with Gasteiger partial charge in [0, 0.05) is 31.7 Å². The lowest BCUT2D eigenvalue weighted by atomic mass is 9.57. The van der Waals surface area contributed by atoms with Crippen LogP contribution in [0.1, 0.15) is 18.4 Å². The van der Waals surface area contributed by atoms with Crippen LogP contribution >= 0.6 is 0 Å². The molecule has 5 heteroatoms. The molecule has 1 aliphatic heterocycles. The first-order valence-electron chi connectivity index (χ1n) is 6.32. The Morgan fingerprint density at radius 3 is 2.67 bits per heavy atom. The minimum Gasteiger partial charge on any atom is -0.316 e. The largest absolute Gasteiger partial charge is 0.316 e. The minimum atomic E-state index is -3.14. The van der Waals surface area contributed by atoms with E-state index in [2.05, 4.69) is 10.3 Å². The molecule has 2 fully saturated rings. The number of nitrogens with one attached hydrogen (secondary N) is 1. The summed E-state index contributed by atoms with van der Waals surface area (Å²) in [4.78, 5) is 4.37. The van der Waals surface area contributed by atoms with Crippen LogP contribution in [-0.2, 0) is 16.3 Å². The molecule has 0 atom stereocenters. The van der Waals surface area contributed by atoms with Crippen molar-refractivity contribution in [2.45, 2.75) is 24.2 Å². The topological polar surface area (TPSA) is 59.1 Å². The highest BCUT2D eigenvalue weighted by Crippen LogP contribution is 2.49. The number of hydrogen-bond donors (Lipinski definition) is 1. The molecule has 1 saturated heterocycles. The van der Waals surface area contributed by atoms with E-state index in [1.54, 1.807) is 12.3 Å². The zero-order chi connectivity index (χ0) is 12.8. The molecule has 98 valence electrons. The Kier molecular flexibility index (Phi) is 2.71. The van der Waals surface area contributed by atoms with Gasteiger partial charge in [-0.1, -0.05) is 0 Å². The lowest BCUT2D eigenvalue weighted by molar-refractivity contribution is 0.000839. The Labute approximate surface area is 108 Å². The molecule has 0 radical (unpaired) electrons. The first-order valence-corrected chi connectivity index (χ1v) is 8.21. The van der Waals surface area contributed by atoms with Crippen molar-refractivity contribution < 1.29 is 8.42 Å². The molecule has 1 spiro atoms. The molecule has 0 bridgehead atoms. The summed E-state index contributed by atoms with van der Waals surface area (Å²) >= 11 is 0. The highest BCUT2D eigenvalue weighted by Gasteiger charge is 2.47. The number of hydrogen-bond acceptors (Lipinski definition) is 4. The Morgan fingerprint density at radius 2 is 2.11 bits per heavy atom. The summed E-state index contributed by atoms with van der Waals surface area (Å²) in [6, 6.07) is 1.77. The second-order valence-electron chi connectivity index (χ2n) is 5.88. The highest BCUT2D eigenvalue weighted by molar-refractivity contribution is 7.90. The molecule has 1 aliphatic carbocycles. The molecule has 18 heavy (non-hydrogen) atoms. The van der Waals surface area contributed by atoms with Crippen LogP contribution in [0.4, 0.5) is 0 Å². The zero-order valence-electron chi connectivity index (χ0n) is 10.5. The monoisotopic (exact) mass is 266 g/mol. The SMILES string of the molecule is CS(=O)(=O)c1cncc(CC2CC3(CNC3)C2)c1. The number of nitrogens with zero attached hydrogens (tertiary/aromatic N) is 1. The van der Waals surface area contributed by atoms with Crippen LogP contribution in [0.25, 0.3) is 0 Å². The average Bonchev–Trinajstić information content (AvgIpc) is 2.19. The maximum Gasteiger partial charge on any atom is 0.177 e. The molecule has 1 aromatic rings. The van der Waals surface area contributed by atoms with Crippen LogP contribution < -0.4 is 5.32 Å². The minimum absolute atomic E-state index is 0.333. The van der Waals surface area contributed by atoms with Gasteiger partial charge in [-0.3, -0.25) is 4.98 Å². The quantitative estimate of drug-likeness (QED) is 0.887. The second-order valence-corrected chi connectivity index (χ2v) is 7.90. The van der Waals surface area contributed by atoms with Gasteiger partial charge < -0.3 is 5.32 Å². The lowest BCUT2D eigenvalue weighted by Crippen LogP contribution is -2.60. The summed E-state index contributed by atoms with van der Waals surface area (Å²) in [5.74, 6) is 0.698. The maximum atomic E-state index is 11.5. The smallest absolute Gasteiger partial charge is 0.177 e. The van der Waals surface area contributed by atoms with E-state index in [-0.39, 0.29) is 0 Å². The summed E-state index contributed by atoms with van der Waals surface area (Å²) in [5, 5.41) is 3.33. The van der Waals surface area contributed by atoms with E-state index in [1.807, 2.05) is 0 Å². The summed E-state index contributed by atoms with van der Waals surface area (Å²) in [5.41, 5.74) is 1.62. The predicted octanol–water partition coefficient (Wildman–Crippen LogP) is 1.03. The molecule has 2 aliphatic rings. The molecule has 3 rings (SSSR count). The van der Waals surface area contributed by atoms with E-state index in [4.69, 9.17) is 0 Å². The molecule has 2 heterocycles. The van der Waals surface area contributed by atoms with Gasteiger partial charge in [-0.05, 0) is 42.2 Å². The molecular formula is C13H18N2O2S. The summed E-state index contributed by atoms with van der Waals surface area (Å²) in [6.45, 7) is 2.32. The van der Waals surface area contributed by atoms with Crippen LogP contribution in [0.3, 0.4) is 0 Å². The summed E-state index contributed by atoms with van der Waals surface area (Å²) < 4.78 is 22.9. The van der Waals surface area contributed by atoms with E-state index in [9.17, 15) is 8.42 Å². The van der Waals surface area contributed by atoms with E-state index in [0.717, 1.165) is 25.1 Å². The van der Waals surface area contributed by atoms with Crippen LogP contribution in [0.2, 0.25) is 0 Å². The van der Waals surface area contributed by atoms with Gasteiger partial charge >= 0.3 is 0 Å². The van der Waals surface area contributed by atoms with Gasteiger partial charge in [0.2, 0.25) is 0 Å². The van der Waals surface area contributed by atoms with Crippen molar-refractivity contribution in [2.75, 3.05) is 19.3 Å². The Hall–Kier alpha value is -0.940. The first-order chi connectivity index (χ1) is 8.47. The zero-order valence-corrected chi connectivity index (χ0v) is 11.3. The van der Waals surface area contributed by atoms with Crippen molar-refractivity contribution in [3.05, 3.63) is 24.0 Å². The first kappa shape index (κ1) is 12.1. The fourth-order valence-electron chi connectivity index (χ4n) is 3.19. The van der Waals surface area contributed by atoms with Crippen LogP contribution in [0, 0.1) is 11.3 Å². The summed E-state index contributed by atoms with van der Waals surface area (Å²) in [6.07, 6.45) is 7.94. The van der Waals surface area contributed by atoms with Crippen molar-refractivity contribution in [2.24, 2.45) is 11.3 Å². The Bertz CT molecular complexity index is 556. The number of rotatable bonds is 3. The lowest BCUT2D eigenvalue weighted by Gasteiger charge is -2.54. The van der Waals surface area contributed by atoms with Crippen LogP contribution in [0.15, 0.2) is 23.4 Å². The highest BCUT2D eigenvalue weighted by atomic mass is 32.2. The molecule has 0 unspecified atom stereocenters. The maximum absolute atomic E-state index is 11.5. The van der Waals surface area contributed by atoms with Crippen molar-refractivity contribution in [3.8, 4) is 0 Å². The third kappa shape index (κ3) is 2.17. The van der Waals surface area contributed by atoms with Gasteiger partial charge in [0.1, 0.15) is 0 Å². The molecule has 4 nitrogen and oxygen atoms in total. The summed E-state index contributed by atoms with van der Waals surface area (Å²) in [7, 11) is -3.14. The normalized spacial score (nSPS) is 22.5. The third-order valence-electron chi connectivity index (χ3n) is 4.17. The van der Waals surface area contributed by atoms with Gasteiger partial charge in [0.25, 0.3) is 0 Å². The molecule has 0 aromatic carbocycles. The van der Waals surface area contributed by atoms with E-state index in [0.29, 0.717) is 16.2 Å². The van der Waals surface area contributed by atoms with Crippen LogP contribution in [-0.4, -0.2) is 32.7 Å². The average molecular weight is 266 g/mol. The van der Waals surface area contributed by atoms with Crippen molar-refractivity contribution >= 4 is 9.84 Å². The number of sulfone groups is 1. The number of aromatic nitrogens is 1. The van der Waals surface area contributed by atoms with Gasteiger partial charge in [-0.2, -0.15) is 0 Å².